The predicted octanol–water partition coefficient (Wildman–Crippen LogP) is -1.76. The van der Waals surface area contributed by atoms with Gasteiger partial charge in [-0.1, -0.05) is 13.8 Å². The third-order valence-corrected chi connectivity index (χ3v) is 2.00. The molecule has 0 fully saturated rings. The smallest absolute Gasteiger partial charge is 0.334 e. The van der Waals surface area contributed by atoms with Gasteiger partial charge in [0.25, 0.3) is 0 Å². The van der Waals surface area contributed by atoms with Gasteiger partial charge >= 0.3 is 12.0 Å². The van der Waals surface area contributed by atoms with Crippen molar-refractivity contribution >= 4 is 17.9 Å². The topological polar surface area (TPSA) is 142 Å². The van der Waals surface area contributed by atoms with Gasteiger partial charge in [0.05, 0.1) is 6.54 Å². The number of carbonyl (C=O) groups is 3. The molecule has 0 aromatic carbocycles. The summed E-state index contributed by atoms with van der Waals surface area (Å²) in [5.41, 5.74) is 4.90. The third-order valence-electron chi connectivity index (χ3n) is 2.00. The summed E-state index contributed by atoms with van der Waals surface area (Å²) in [7, 11) is 0. The molecule has 8 nitrogen and oxygen atoms in total. The second-order valence-corrected chi connectivity index (χ2v) is 3.83. The molecule has 0 aromatic heterocycles. The number of carboxylic acid groups (broad SMARTS) is 1. The van der Waals surface area contributed by atoms with E-state index in [1.54, 1.807) is 13.8 Å². The van der Waals surface area contributed by atoms with Crippen LogP contribution in [-0.2, 0) is 9.59 Å². The van der Waals surface area contributed by atoms with E-state index < -0.39 is 36.6 Å². The normalized spacial score (nSPS) is 13.9. The van der Waals surface area contributed by atoms with Crippen LogP contribution in [0.5, 0.6) is 0 Å². The summed E-state index contributed by atoms with van der Waals surface area (Å²) < 4.78 is 0. The first-order valence-electron chi connectivity index (χ1n) is 5.00. The minimum absolute atomic E-state index is 0.218. The summed E-state index contributed by atoms with van der Waals surface area (Å²) in [4.78, 5) is 32.5. The predicted molar refractivity (Wildman–Crippen MR) is 58.0 cm³/mol. The van der Waals surface area contributed by atoms with Crippen LogP contribution >= 0.6 is 0 Å². The van der Waals surface area contributed by atoms with Crippen LogP contribution in [0.4, 0.5) is 4.79 Å². The zero-order valence-electron chi connectivity index (χ0n) is 9.64. The fourth-order valence-electron chi connectivity index (χ4n) is 1.08. The number of aliphatic carboxylic acids is 1. The van der Waals surface area contributed by atoms with Gasteiger partial charge in [0, 0.05) is 0 Å². The number of primary amides is 1. The maximum atomic E-state index is 11.6. The Morgan fingerprint density at radius 1 is 1.29 bits per heavy atom. The van der Waals surface area contributed by atoms with Gasteiger partial charge in [-0.25, -0.2) is 9.59 Å². The molecule has 0 spiro atoms. The van der Waals surface area contributed by atoms with Crippen molar-refractivity contribution in [3.8, 4) is 0 Å². The number of hydrogen-bond acceptors (Lipinski definition) is 4. The molecule has 1 unspecified atom stereocenters. The Morgan fingerprint density at radius 2 is 1.82 bits per heavy atom. The number of aliphatic hydroxyl groups excluding tert-OH is 1. The Kier molecular flexibility index (Phi) is 5.97. The molecule has 0 saturated carbocycles. The van der Waals surface area contributed by atoms with E-state index in [1.165, 1.54) is 0 Å². The molecule has 2 atom stereocenters. The maximum Gasteiger partial charge on any atom is 0.334 e. The van der Waals surface area contributed by atoms with Crippen LogP contribution in [0.25, 0.3) is 0 Å². The van der Waals surface area contributed by atoms with Crippen LogP contribution in [-0.4, -0.2) is 46.8 Å². The Hall–Kier alpha value is -1.83. The van der Waals surface area contributed by atoms with Gasteiger partial charge in [0.15, 0.2) is 6.10 Å². The van der Waals surface area contributed by atoms with Crippen molar-refractivity contribution in [2.75, 3.05) is 6.54 Å². The summed E-state index contributed by atoms with van der Waals surface area (Å²) in [6, 6.07) is -1.72. The molecule has 0 aromatic rings. The molecule has 98 valence electrons. The number of urea groups is 1. The monoisotopic (exact) mass is 247 g/mol. The Bertz CT molecular complexity index is 305. The van der Waals surface area contributed by atoms with E-state index in [1.807, 2.05) is 0 Å². The molecule has 0 aliphatic heterocycles. The van der Waals surface area contributed by atoms with Crippen molar-refractivity contribution in [2.24, 2.45) is 11.7 Å². The van der Waals surface area contributed by atoms with E-state index in [-0.39, 0.29) is 5.92 Å². The molecule has 3 amide bonds. The lowest BCUT2D eigenvalue weighted by atomic mass is 10.0. The summed E-state index contributed by atoms with van der Waals surface area (Å²) >= 11 is 0. The van der Waals surface area contributed by atoms with Gasteiger partial charge in [0.2, 0.25) is 5.91 Å². The van der Waals surface area contributed by atoms with Crippen LogP contribution < -0.4 is 16.4 Å². The molecular formula is C9H17N3O5. The average Bonchev–Trinajstić information content (AvgIpc) is 2.21. The summed E-state index contributed by atoms with van der Waals surface area (Å²) in [6.07, 6.45) is -1.68. The van der Waals surface area contributed by atoms with Crippen molar-refractivity contribution in [1.29, 1.82) is 0 Å². The molecule has 0 aliphatic rings. The molecular weight excluding hydrogens is 230 g/mol. The molecule has 6 N–H and O–H groups in total. The highest BCUT2D eigenvalue weighted by Gasteiger charge is 2.24. The number of hydrogen-bond donors (Lipinski definition) is 5. The molecule has 0 saturated heterocycles. The lowest BCUT2D eigenvalue weighted by Crippen LogP contribution is -2.52. The fourth-order valence-corrected chi connectivity index (χ4v) is 1.08. The molecule has 8 heteroatoms. The van der Waals surface area contributed by atoms with Crippen LogP contribution in [0.3, 0.4) is 0 Å². The standard InChI is InChI=1S/C9H17N3O5/c1-4(2)6(12-9(10)17)7(14)11-3-5(13)8(15)16/h4-6,13H,3H2,1-2H3,(H,11,14)(H,15,16)(H3,10,12,17)/t5-,6?/m0/s1. The highest BCUT2D eigenvalue weighted by Crippen LogP contribution is 2.01. The van der Waals surface area contributed by atoms with Crippen molar-refractivity contribution in [3.63, 3.8) is 0 Å². The number of carbonyl (C=O) groups excluding carboxylic acids is 2. The molecule has 0 rings (SSSR count). The number of amides is 3. The van der Waals surface area contributed by atoms with Crippen LogP contribution in [0.2, 0.25) is 0 Å². The Morgan fingerprint density at radius 3 is 2.18 bits per heavy atom. The summed E-state index contributed by atoms with van der Waals surface area (Å²) in [6.45, 7) is 2.94. The summed E-state index contributed by atoms with van der Waals surface area (Å²) in [5, 5.41) is 21.8. The number of carboxylic acids is 1. The molecule has 17 heavy (non-hydrogen) atoms. The van der Waals surface area contributed by atoms with Gasteiger partial charge in [-0.2, -0.15) is 0 Å². The third kappa shape index (κ3) is 5.71. The fraction of sp³-hybridized carbons (Fsp3) is 0.667. The largest absolute Gasteiger partial charge is 0.479 e. The number of rotatable bonds is 6. The first kappa shape index (κ1) is 15.2. The van der Waals surface area contributed by atoms with Gasteiger partial charge in [-0.15, -0.1) is 0 Å². The van der Waals surface area contributed by atoms with Crippen molar-refractivity contribution in [2.45, 2.75) is 26.0 Å². The second-order valence-electron chi connectivity index (χ2n) is 3.83. The minimum Gasteiger partial charge on any atom is -0.479 e. The van der Waals surface area contributed by atoms with Gasteiger partial charge in [-0.3, -0.25) is 4.79 Å². The van der Waals surface area contributed by atoms with E-state index in [9.17, 15) is 14.4 Å². The molecule has 0 aliphatic carbocycles. The van der Waals surface area contributed by atoms with Crippen LogP contribution in [0.1, 0.15) is 13.8 Å². The van der Waals surface area contributed by atoms with E-state index in [4.69, 9.17) is 15.9 Å². The van der Waals surface area contributed by atoms with E-state index in [0.717, 1.165) is 0 Å². The van der Waals surface area contributed by atoms with Crippen LogP contribution in [0.15, 0.2) is 0 Å². The first-order valence-corrected chi connectivity index (χ1v) is 5.00. The molecule has 0 bridgehead atoms. The number of nitrogens with one attached hydrogen (secondary N) is 2. The lowest BCUT2D eigenvalue weighted by molar-refractivity contribution is -0.146. The van der Waals surface area contributed by atoms with E-state index in [0.29, 0.717) is 0 Å². The highest BCUT2D eigenvalue weighted by atomic mass is 16.4. The lowest BCUT2D eigenvalue weighted by Gasteiger charge is -2.20. The Balaban J connectivity index is 4.33. The second kappa shape index (κ2) is 6.69. The SMILES string of the molecule is CC(C)C(NC(N)=O)C(=O)NC[C@H](O)C(=O)O. The zero-order chi connectivity index (χ0) is 13.6. The zero-order valence-corrected chi connectivity index (χ0v) is 9.64. The van der Waals surface area contributed by atoms with Crippen molar-refractivity contribution < 1.29 is 24.6 Å². The number of aliphatic hydroxyl groups is 1. The van der Waals surface area contributed by atoms with Crippen molar-refractivity contribution in [3.05, 3.63) is 0 Å². The maximum absolute atomic E-state index is 11.6. The van der Waals surface area contributed by atoms with E-state index in [2.05, 4.69) is 10.6 Å². The van der Waals surface area contributed by atoms with Gasteiger partial charge in [0.1, 0.15) is 6.04 Å². The van der Waals surface area contributed by atoms with Gasteiger partial charge < -0.3 is 26.6 Å². The van der Waals surface area contributed by atoms with E-state index >= 15 is 0 Å². The summed E-state index contributed by atoms with van der Waals surface area (Å²) in [5.74, 6) is -2.25. The van der Waals surface area contributed by atoms with Crippen molar-refractivity contribution in [1.82, 2.24) is 10.6 Å². The minimum atomic E-state index is -1.68. The molecule has 0 radical (unpaired) electrons. The average molecular weight is 247 g/mol. The number of nitrogens with two attached hydrogens (primary N) is 1. The first-order chi connectivity index (χ1) is 7.75. The highest BCUT2D eigenvalue weighted by molar-refractivity contribution is 5.87. The van der Waals surface area contributed by atoms with Crippen LogP contribution in [0, 0.1) is 5.92 Å². The molecule has 0 heterocycles. The van der Waals surface area contributed by atoms with Gasteiger partial charge in [-0.05, 0) is 5.92 Å². The quantitative estimate of drug-likeness (QED) is 0.378. The Labute approximate surface area is 98.2 Å².